The third-order valence-corrected chi connectivity index (χ3v) is 4.38. The molecule has 7 heteroatoms. The zero-order chi connectivity index (χ0) is 19.4. The first kappa shape index (κ1) is 19.1. The van der Waals surface area contributed by atoms with Gasteiger partial charge in [-0.2, -0.15) is 0 Å². The van der Waals surface area contributed by atoms with Crippen LogP contribution in [0.25, 0.3) is 0 Å². The van der Waals surface area contributed by atoms with E-state index in [9.17, 15) is 4.79 Å². The van der Waals surface area contributed by atoms with E-state index in [1.54, 1.807) is 6.20 Å². The number of nitrogens with one attached hydrogen (secondary N) is 2. The van der Waals surface area contributed by atoms with Crippen LogP contribution < -0.4 is 15.5 Å². The number of carbonyl (C=O) groups excluding carboxylic acids is 1. The zero-order valence-corrected chi connectivity index (χ0v) is 16.5. The van der Waals surface area contributed by atoms with Crippen LogP contribution in [-0.4, -0.2) is 59.5 Å². The first-order valence-corrected chi connectivity index (χ1v) is 9.25. The van der Waals surface area contributed by atoms with Crippen molar-refractivity contribution < 1.29 is 4.79 Å². The van der Waals surface area contributed by atoms with Crippen molar-refractivity contribution >= 4 is 23.1 Å². The third-order valence-electron chi connectivity index (χ3n) is 4.38. The van der Waals surface area contributed by atoms with Crippen LogP contribution in [0.5, 0.6) is 0 Å². The average Bonchev–Trinajstić information content (AvgIpc) is 2.62. The van der Waals surface area contributed by atoms with E-state index in [0.29, 0.717) is 5.82 Å². The second-order valence-electron chi connectivity index (χ2n) is 7.95. The van der Waals surface area contributed by atoms with E-state index in [1.165, 1.54) is 11.9 Å². The first-order chi connectivity index (χ1) is 12.8. The highest BCUT2D eigenvalue weighted by Crippen LogP contribution is 2.20. The standard InChI is InChI=1S/C20H28N6O/c1-20(2,3)24-18-14-21-17(13-22-18)19(27)23-15-5-7-16(8-6-15)26-11-9-25(4)10-12-26/h5-8,13-14H,9-12H2,1-4H3,(H,22,24)(H,23,27). The number of rotatable bonds is 4. The molecule has 1 aliphatic heterocycles. The maximum atomic E-state index is 12.4. The fraction of sp³-hybridized carbons (Fsp3) is 0.450. The van der Waals surface area contributed by atoms with Gasteiger partial charge in [-0.05, 0) is 52.1 Å². The molecule has 0 spiro atoms. The van der Waals surface area contributed by atoms with E-state index in [2.05, 4.69) is 37.4 Å². The summed E-state index contributed by atoms with van der Waals surface area (Å²) >= 11 is 0. The van der Waals surface area contributed by atoms with Crippen LogP contribution in [-0.2, 0) is 0 Å². The van der Waals surface area contributed by atoms with Crippen LogP contribution in [0.2, 0.25) is 0 Å². The molecule has 0 unspecified atom stereocenters. The van der Waals surface area contributed by atoms with E-state index in [4.69, 9.17) is 0 Å². The molecule has 2 aromatic rings. The van der Waals surface area contributed by atoms with Gasteiger partial charge in [0.05, 0.1) is 12.4 Å². The molecule has 0 bridgehead atoms. The van der Waals surface area contributed by atoms with Crippen molar-refractivity contribution in [3.05, 3.63) is 42.4 Å². The Morgan fingerprint density at radius 3 is 2.22 bits per heavy atom. The van der Waals surface area contributed by atoms with Crippen LogP contribution in [0, 0.1) is 0 Å². The van der Waals surface area contributed by atoms with Gasteiger partial charge in [0, 0.05) is 43.1 Å². The Morgan fingerprint density at radius 1 is 1.00 bits per heavy atom. The van der Waals surface area contributed by atoms with E-state index in [0.717, 1.165) is 31.9 Å². The lowest BCUT2D eigenvalue weighted by Gasteiger charge is -2.34. The lowest BCUT2D eigenvalue weighted by molar-refractivity contribution is 0.102. The molecule has 144 valence electrons. The molecule has 27 heavy (non-hydrogen) atoms. The van der Waals surface area contributed by atoms with Crippen molar-refractivity contribution in [2.45, 2.75) is 26.3 Å². The van der Waals surface area contributed by atoms with Gasteiger partial charge in [-0.1, -0.05) is 0 Å². The number of carbonyl (C=O) groups is 1. The van der Waals surface area contributed by atoms with E-state index in [-0.39, 0.29) is 17.1 Å². The lowest BCUT2D eigenvalue weighted by atomic mass is 10.1. The highest BCUT2D eigenvalue weighted by Gasteiger charge is 2.15. The van der Waals surface area contributed by atoms with Gasteiger partial charge >= 0.3 is 0 Å². The van der Waals surface area contributed by atoms with Gasteiger partial charge in [0.25, 0.3) is 5.91 Å². The van der Waals surface area contributed by atoms with Crippen molar-refractivity contribution in [2.75, 3.05) is 48.8 Å². The molecule has 1 aromatic carbocycles. The van der Waals surface area contributed by atoms with Gasteiger partial charge in [-0.3, -0.25) is 4.79 Å². The number of anilines is 3. The number of benzene rings is 1. The van der Waals surface area contributed by atoms with Crippen molar-refractivity contribution in [1.29, 1.82) is 0 Å². The number of piperazine rings is 1. The van der Waals surface area contributed by atoms with Crippen molar-refractivity contribution in [2.24, 2.45) is 0 Å². The van der Waals surface area contributed by atoms with Crippen molar-refractivity contribution in [3.63, 3.8) is 0 Å². The van der Waals surface area contributed by atoms with E-state index in [1.807, 2.05) is 45.0 Å². The molecule has 3 rings (SSSR count). The predicted molar refractivity (Wildman–Crippen MR) is 110 cm³/mol. The van der Waals surface area contributed by atoms with Crippen LogP contribution in [0.4, 0.5) is 17.2 Å². The Morgan fingerprint density at radius 2 is 1.67 bits per heavy atom. The van der Waals surface area contributed by atoms with Crippen LogP contribution in [0.1, 0.15) is 31.3 Å². The minimum atomic E-state index is -0.267. The second kappa shape index (κ2) is 7.92. The number of hydrogen-bond donors (Lipinski definition) is 2. The molecule has 1 amide bonds. The van der Waals surface area contributed by atoms with Gasteiger partial charge in [-0.15, -0.1) is 0 Å². The number of hydrogen-bond acceptors (Lipinski definition) is 6. The topological polar surface area (TPSA) is 73.4 Å². The summed E-state index contributed by atoms with van der Waals surface area (Å²) in [7, 11) is 2.14. The number of amides is 1. The van der Waals surface area contributed by atoms with Gasteiger partial charge in [0.15, 0.2) is 0 Å². The molecule has 0 radical (unpaired) electrons. The molecule has 1 fully saturated rings. The van der Waals surface area contributed by atoms with Crippen molar-refractivity contribution in [3.8, 4) is 0 Å². The Bertz CT molecular complexity index is 759. The molecule has 0 aliphatic carbocycles. The zero-order valence-electron chi connectivity index (χ0n) is 16.5. The summed E-state index contributed by atoms with van der Waals surface area (Å²) in [5, 5.41) is 6.10. The average molecular weight is 368 g/mol. The first-order valence-electron chi connectivity index (χ1n) is 9.25. The molecule has 1 saturated heterocycles. The summed E-state index contributed by atoms with van der Waals surface area (Å²) in [6, 6.07) is 7.94. The fourth-order valence-electron chi connectivity index (χ4n) is 2.91. The van der Waals surface area contributed by atoms with Gasteiger partial charge in [0.2, 0.25) is 0 Å². The molecule has 2 heterocycles. The van der Waals surface area contributed by atoms with Gasteiger partial charge < -0.3 is 20.4 Å². The molecule has 0 saturated carbocycles. The smallest absolute Gasteiger partial charge is 0.275 e. The van der Waals surface area contributed by atoms with Crippen LogP contribution in [0.3, 0.4) is 0 Å². The summed E-state index contributed by atoms with van der Waals surface area (Å²) in [5.74, 6) is 0.382. The monoisotopic (exact) mass is 368 g/mol. The summed E-state index contributed by atoms with van der Waals surface area (Å²) in [5.41, 5.74) is 2.11. The minimum absolute atomic E-state index is 0.107. The summed E-state index contributed by atoms with van der Waals surface area (Å²) in [4.78, 5) is 25.5. The maximum Gasteiger partial charge on any atom is 0.275 e. The molecular formula is C20H28N6O. The minimum Gasteiger partial charge on any atom is -0.369 e. The Balaban J connectivity index is 1.59. The Kier molecular flexibility index (Phi) is 5.60. The number of nitrogens with zero attached hydrogens (tertiary/aromatic N) is 4. The second-order valence-corrected chi connectivity index (χ2v) is 7.95. The van der Waals surface area contributed by atoms with E-state index >= 15 is 0 Å². The molecule has 0 atom stereocenters. The summed E-state index contributed by atoms with van der Waals surface area (Å²) in [6.45, 7) is 10.3. The SMILES string of the molecule is CN1CCN(c2ccc(NC(=O)c3cnc(NC(C)(C)C)cn3)cc2)CC1. The Hall–Kier alpha value is -2.67. The molecule has 1 aromatic heterocycles. The number of likely N-dealkylation sites (N-methyl/N-ethyl adjacent to an activating group) is 1. The largest absolute Gasteiger partial charge is 0.369 e. The fourth-order valence-corrected chi connectivity index (χ4v) is 2.91. The molecule has 2 N–H and O–H groups in total. The quantitative estimate of drug-likeness (QED) is 0.864. The maximum absolute atomic E-state index is 12.4. The molecule has 1 aliphatic rings. The summed E-state index contributed by atoms with van der Waals surface area (Å²) in [6.07, 6.45) is 3.07. The highest BCUT2D eigenvalue weighted by molar-refractivity contribution is 6.02. The van der Waals surface area contributed by atoms with Crippen LogP contribution in [0.15, 0.2) is 36.7 Å². The van der Waals surface area contributed by atoms with Gasteiger partial charge in [-0.25, -0.2) is 9.97 Å². The van der Waals surface area contributed by atoms with Crippen molar-refractivity contribution in [1.82, 2.24) is 14.9 Å². The predicted octanol–water partition coefficient (Wildman–Crippen LogP) is 2.69. The number of aromatic nitrogens is 2. The Labute approximate surface area is 160 Å². The lowest BCUT2D eigenvalue weighted by Crippen LogP contribution is -2.44. The van der Waals surface area contributed by atoms with Gasteiger partial charge in [0.1, 0.15) is 11.5 Å². The highest BCUT2D eigenvalue weighted by atomic mass is 16.1. The third kappa shape index (κ3) is 5.40. The summed E-state index contributed by atoms with van der Waals surface area (Å²) < 4.78 is 0. The normalized spacial score (nSPS) is 15.5. The molecular weight excluding hydrogens is 340 g/mol. The molecule has 7 nitrogen and oxygen atoms in total. The van der Waals surface area contributed by atoms with E-state index < -0.39 is 0 Å². The van der Waals surface area contributed by atoms with Crippen LogP contribution >= 0.6 is 0 Å².